The second kappa shape index (κ2) is 7.24. The first kappa shape index (κ1) is 14.8. The lowest BCUT2D eigenvalue weighted by Gasteiger charge is -2.14. The van der Waals surface area contributed by atoms with E-state index in [1.54, 1.807) is 11.3 Å². The van der Waals surface area contributed by atoms with Gasteiger partial charge in [-0.1, -0.05) is 25.2 Å². The molecule has 17 heavy (non-hydrogen) atoms. The molecule has 3 nitrogen and oxygen atoms in total. The maximum Gasteiger partial charge on any atom is 0.185 e. The molecule has 0 aliphatic carbocycles. The fourth-order valence-corrected chi connectivity index (χ4v) is 3.01. The molecule has 1 unspecified atom stereocenters. The summed E-state index contributed by atoms with van der Waals surface area (Å²) in [5.41, 5.74) is 1.08. The molecule has 98 valence electrons. The van der Waals surface area contributed by atoms with E-state index in [0.717, 1.165) is 34.4 Å². The molecule has 1 atom stereocenters. The largest absolute Gasteiger partial charge is 0.391 e. The van der Waals surface area contributed by atoms with Crippen LogP contribution in [0.1, 0.15) is 36.8 Å². The Hall–Kier alpha value is -0.260. The number of aliphatic hydroxyl groups excluding tert-OH is 1. The number of hydrogen-bond acceptors (Lipinski definition) is 5. The molecule has 1 rings (SSSR count). The predicted molar refractivity (Wildman–Crippen MR) is 78.4 cm³/mol. The highest BCUT2D eigenvalue weighted by atomic mass is 32.2. The highest BCUT2D eigenvalue weighted by molar-refractivity contribution is 7.98. The fraction of sp³-hybridized carbons (Fsp3) is 0.750. The van der Waals surface area contributed by atoms with Gasteiger partial charge in [-0.25, -0.2) is 4.98 Å². The lowest BCUT2D eigenvalue weighted by molar-refractivity contribution is 0.283. The Bertz CT molecular complexity index is 341. The summed E-state index contributed by atoms with van der Waals surface area (Å²) in [4.78, 5) is 7.87. The second-order valence-corrected chi connectivity index (χ2v) is 6.23. The lowest BCUT2D eigenvalue weighted by Crippen LogP contribution is -2.19. The zero-order chi connectivity index (χ0) is 12.8. The van der Waals surface area contributed by atoms with Crippen molar-refractivity contribution in [2.45, 2.75) is 32.8 Å². The van der Waals surface area contributed by atoms with Gasteiger partial charge in [0.2, 0.25) is 0 Å². The highest BCUT2D eigenvalue weighted by Gasteiger charge is 2.17. The fourth-order valence-electron chi connectivity index (χ4n) is 1.53. The Kier molecular flexibility index (Phi) is 6.30. The summed E-state index contributed by atoms with van der Waals surface area (Å²) in [7, 11) is 2.07. The number of rotatable bonds is 7. The van der Waals surface area contributed by atoms with Gasteiger partial charge in [0.15, 0.2) is 5.13 Å². The molecular formula is C12H22N2OS2. The zero-order valence-electron chi connectivity index (χ0n) is 11.1. The molecule has 1 N–H and O–H groups in total. The van der Waals surface area contributed by atoms with Gasteiger partial charge in [-0.05, 0) is 18.6 Å². The normalized spacial score (nSPS) is 12.8. The average Bonchev–Trinajstić information content (AvgIpc) is 2.79. The van der Waals surface area contributed by atoms with E-state index in [0.29, 0.717) is 5.92 Å². The molecule has 0 radical (unpaired) electrons. The van der Waals surface area contributed by atoms with Crippen LogP contribution in [0.2, 0.25) is 0 Å². The quantitative estimate of drug-likeness (QED) is 0.829. The van der Waals surface area contributed by atoms with Crippen LogP contribution in [0, 0.1) is 0 Å². The predicted octanol–water partition coefficient (Wildman–Crippen LogP) is 2.95. The van der Waals surface area contributed by atoms with Crippen molar-refractivity contribution < 1.29 is 5.11 Å². The van der Waals surface area contributed by atoms with Crippen molar-refractivity contribution in [3.05, 3.63) is 10.6 Å². The molecule has 1 aromatic heterocycles. The number of hydrogen-bond donors (Lipinski definition) is 1. The van der Waals surface area contributed by atoms with Gasteiger partial charge in [0, 0.05) is 19.3 Å². The van der Waals surface area contributed by atoms with Crippen molar-refractivity contribution in [2.24, 2.45) is 0 Å². The van der Waals surface area contributed by atoms with E-state index in [1.165, 1.54) is 0 Å². The van der Waals surface area contributed by atoms with E-state index < -0.39 is 0 Å². The molecule has 5 heteroatoms. The van der Waals surface area contributed by atoms with Crippen molar-refractivity contribution in [1.82, 2.24) is 4.98 Å². The maximum absolute atomic E-state index is 9.38. The minimum absolute atomic E-state index is 0.105. The summed E-state index contributed by atoms with van der Waals surface area (Å²) in [5, 5.41) is 10.4. The molecule has 0 spiro atoms. The van der Waals surface area contributed by atoms with Crippen LogP contribution < -0.4 is 4.90 Å². The summed E-state index contributed by atoms with van der Waals surface area (Å²) in [6.07, 6.45) is 3.17. The van der Waals surface area contributed by atoms with Crippen LogP contribution in [0.5, 0.6) is 0 Å². The first-order chi connectivity index (χ1) is 8.13. The first-order valence-corrected chi connectivity index (χ1v) is 8.15. The van der Waals surface area contributed by atoms with E-state index in [2.05, 4.69) is 37.0 Å². The smallest absolute Gasteiger partial charge is 0.185 e. The van der Waals surface area contributed by atoms with Crippen LogP contribution in [0.25, 0.3) is 0 Å². The summed E-state index contributed by atoms with van der Waals surface area (Å²) >= 11 is 3.46. The number of thiazole rings is 1. The molecule has 0 bridgehead atoms. The number of aliphatic hydroxyl groups is 1. The van der Waals surface area contributed by atoms with Gasteiger partial charge < -0.3 is 10.0 Å². The topological polar surface area (TPSA) is 36.4 Å². The van der Waals surface area contributed by atoms with Crippen molar-refractivity contribution in [2.75, 3.05) is 30.5 Å². The first-order valence-electron chi connectivity index (χ1n) is 5.94. The molecule has 1 aromatic rings. The summed E-state index contributed by atoms with van der Waals surface area (Å²) in [6.45, 7) is 5.43. The highest BCUT2D eigenvalue weighted by Crippen LogP contribution is 2.31. The molecular weight excluding hydrogens is 252 g/mol. The van der Waals surface area contributed by atoms with Gasteiger partial charge >= 0.3 is 0 Å². The van der Waals surface area contributed by atoms with Crippen LogP contribution in [-0.2, 0) is 6.61 Å². The molecule has 0 aliphatic heterocycles. The van der Waals surface area contributed by atoms with Gasteiger partial charge in [0.25, 0.3) is 0 Å². The van der Waals surface area contributed by atoms with Crippen molar-refractivity contribution in [1.29, 1.82) is 0 Å². The molecule has 0 saturated carbocycles. The van der Waals surface area contributed by atoms with Crippen LogP contribution in [-0.4, -0.2) is 35.7 Å². The van der Waals surface area contributed by atoms with Gasteiger partial charge in [0.1, 0.15) is 0 Å². The third-order valence-electron chi connectivity index (χ3n) is 2.90. The van der Waals surface area contributed by atoms with Crippen LogP contribution in [0.3, 0.4) is 0 Å². The zero-order valence-corrected chi connectivity index (χ0v) is 12.7. The Morgan fingerprint density at radius 3 is 2.76 bits per heavy atom. The van der Waals surface area contributed by atoms with E-state index in [9.17, 15) is 5.11 Å². The van der Waals surface area contributed by atoms with Crippen molar-refractivity contribution in [3.8, 4) is 0 Å². The third kappa shape index (κ3) is 3.86. The molecule has 0 saturated heterocycles. The van der Waals surface area contributed by atoms with E-state index >= 15 is 0 Å². The van der Waals surface area contributed by atoms with Crippen molar-refractivity contribution >= 4 is 28.2 Å². The van der Waals surface area contributed by atoms with E-state index in [-0.39, 0.29) is 6.61 Å². The van der Waals surface area contributed by atoms with Crippen LogP contribution >= 0.6 is 23.1 Å². The minimum Gasteiger partial charge on any atom is -0.391 e. The molecule has 0 aromatic carbocycles. The number of thioether (sulfide) groups is 1. The Balaban J connectivity index is 2.84. The van der Waals surface area contributed by atoms with Gasteiger partial charge in [0.05, 0.1) is 17.2 Å². The molecule has 0 amide bonds. The third-order valence-corrected chi connectivity index (χ3v) is 4.66. The van der Waals surface area contributed by atoms with Crippen LogP contribution in [0.4, 0.5) is 5.13 Å². The Morgan fingerprint density at radius 2 is 2.24 bits per heavy atom. The average molecular weight is 274 g/mol. The number of anilines is 1. The molecule has 0 aliphatic rings. The monoisotopic (exact) mass is 274 g/mol. The number of nitrogens with zero attached hydrogens (tertiary/aromatic N) is 2. The van der Waals surface area contributed by atoms with E-state index in [4.69, 9.17) is 0 Å². The van der Waals surface area contributed by atoms with Crippen molar-refractivity contribution in [3.63, 3.8) is 0 Å². The molecule has 1 heterocycles. The number of aromatic nitrogens is 1. The Labute approximate surface area is 112 Å². The van der Waals surface area contributed by atoms with E-state index in [1.807, 2.05) is 11.8 Å². The van der Waals surface area contributed by atoms with Gasteiger partial charge in [-0.15, -0.1) is 0 Å². The lowest BCUT2D eigenvalue weighted by atomic mass is 10.0. The second-order valence-electron chi connectivity index (χ2n) is 4.19. The summed E-state index contributed by atoms with van der Waals surface area (Å²) in [6, 6.07) is 0. The Morgan fingerprint density at radius 1 is 1.53 bits per heavy atom. The van der Waals surface area contributed by atoms with Gasteiger partial charge in [-0.2, -0.15) is 11.8 Å². The van der Waals surface area contributed by atoms with Gasteiger partial charge in [-0.3, -0.25) is 0 Å². The summed E-state index contributed by atoms with van der Waals surface area (Å²) < 4.78 is 0. The van der Waals surface area contributed by atoms with Crippen LogP contribution in [0.15, 0.2) is 0 Å². The molecule has 0 fully saturated rings. The SMILES string of the molecule is CCC(C)c1nc(N(C)CCSC)sc1CO. The summed E-state index contributed by atoms with van der Waals surface area (Å²) in [5.74, 6) is 1.53. The maximum atomic E-state index is 9.38. The minimum atomic E-state index is 0.105. The standard InChI is InChI=1S/C12H22N2OS2/c1-5-9(2)11-10(8-15)17-12(13-11)14(3)6-7-16-4/h9,15H,5-8H2,1-4H3.